The van der Waals surface area contributed by atoms with Crippen molar-refractivity contribution in [2.45, 2.75) is 64.0 Å². The number of amides is 2. The fourth-order valence-corrected chi connectivity index (χ4v) is 5.52. The predicted octanol–water partition coefficient (Wildman–Crippen LogP) is 2.36. The van der Waals surface area contributed by atoms with Gasteiger partial charge in [0.25, 0.3) is 5.91 Å². The molecule has 47 heavy (non-hydrogen) atoms. The van der Waals surface area contributed by atoms with Gasteiger partial charge in [-0.05, 0) is 36.1 Å². The van der Waals surface area contributed by atoms with Crippen LogP contribution in [0.25, 0.3) is 21.8 Å². The lowest BCUT2D eigenvalue weighted by atomic mass is 9.96. The number of hydrogen-bond acceptors (Lipinski definition) is 9. The van der Waals surface area contributed by atoms with Crippen molar-refractivity contribution in [2.24, 2.45) is 11.1 Å². The predicted molar refractivity (Wildman–Crippen MR) is 177 cm³/mol. The number of benzene rings is 2. The van der Waals surface area contributed by atoms with Gasteiger partial charge in [0.1, 0.15) is 30.0 Å². The minimum absolute atomic E-state index is 0.0246. The van der Waals surface area contributed by atoms with Gasteiger partial charge >= 0.3 is 5.97 Å². The van der Waals surface area contributed by atoms with Crippen molar-refractivity contribution in [1.82, 2.24) is 20.6 Å². The molecular formula is C34H43N5O8. The SMILES string of the molecule is COC(=O)[C@H](Cc1c[nH]c2ccccc12)NC(=O)[C@H](Cc1c[nH]c2ccccc12)NC(=O)CO/N=C(\C(O)C(C)O)[C@@H](OC)C(C)C. The number of rotatable bonds is 16. The van der Waals surface area contributed by atoms with E-state index in [1.807, 2.05) is 62.4 Å². The minimum atomic E-state index is -1.39. The van der Waals surface area contributed by atoms with Gasteiger partial charge in [-0.2, -0.15) is 0 Å². The second-order valence-corrected chi connectivity index (χ2v) is 11.7. The number of methoxy groups -OCH3 is 2. The lowest BCUT2D eigenvalue weighted by molar-refractivity contribution is -0.145. The van der Waals surface area contributed by atoms with Gasteiger partial charge in [0.15, 0.2) is 6.61 Å². The highest BCUT2D eigenvalue weighted by Gasteiger charge is 2.31. The quantitative estimate of drug-likeness (QED) is 0.0606. The zero-order valence-corrected chi connectivity index (χ0v) is 27.2. The molecule has 252 valence electrons. The number of carbonyl (C=O) groups excluding carboxylic acids is 3. The molecule has 4 aromatic rings. The highest BCUT2D eigenvalue weighted by Crippen LogP contribution is 2.21. The molecule has 2 aromatic heterocycles. The number of nitrogens with zero attached hydrogens (tertiary/aromatic N) is 1. The Morgan fingerprint density at radius 3 is 1.89 bits per heavy atom. The maximum atomic E-state index is 13.8. The summed E-state index contributed by atoms with van der Waals surface area (Å²) in [6.45, 7) is 4.49. The van der Waals surface area contributed by atoms with E-state index in [4.69, 9.17) is 14.3 Å². The Kier molecular flexibility index (Phi) is 12.1. The average molecular weight is 650 g/mol. The van der Waals surface area contributed by atoms with Crippen LogP contribution in [0.15, 0.2) is 66.1 Å². The van der Waals surface area contributed by atoms with Crippen LogP contribution in [-0.2, 0) is 41.5 Å². The third-order valence-corrected chi connectivity index (χ3v) is 7.93. The topological polar surface area (TPSA) is 187 Å². The molecule has 0 bridgehead atoms. The molecule has 0 aliphatic rings. The Morgan fingerprint density at radius 2 is 1.38 bits per heavy atom. The van der Waals surface area contributed by atoms with E-state index in [2.05, 4.69) is 25.8 Å². The first-order chi connectivity index (χ1) is 22.5. The number of H-pyrrole nitrogens is 2. The molecule has 13 nitrogen and oxygen atoms in total. The molecule has 6 N–H and O–H groups in total. The number of aliphatic hydroxyl groups is 2. The van der Waals surface area contributed by atoms with Crippen molar-refractivity contribution in [3.05, 3.63) is 72.1 Å². The fourth-order valence-electron chi connectivity index (χ4n) is 5.52. The normalized spacial score (nSPS) is 15.2. The second-order valence-electron chi connectivity index (χ2n) is 11.7. The third-order valence-electron chi connectivity index (χ3n) is 7.93. The molecule has 2 unspecified atom stereocenters. The summed E-state index contributed by atoms with van der Waals surface area (Å²) in [5.74, 6) is -2.04. The van der Waals surface area contributed by atoms with E-state index < -0.39 is 54.8 Å². The zero-order valence-electron chi connectivity index (χ0n) is 27.2. The smallest absolute Gasteiger partial charge is 0.328 e. The van der Waals surface area contributed by atoms with Crippen molar-refractivity contribution in [3.63, 3.8) is 0 Å². The number of aromatic amines is 2. The maximum absolute atomic E-state index is 13.8. The number of fused-ring (bicyclic) bond motifs is 2. The summed E-state index contributed by atoms with van der Waals surface area (Å²) in [5, 5.41) is 31.7. The maximum Gasteiger partial charge on any atom is 0.328 e. The third kappa shape index (κ3) is 8.76. The fraction of sp³-hybridized carbons (Fsp3) is 0.412. The van der Waals surface area contributed by atoms with Gasteiger partial charge in [-0.3, -0.25) is 9.59 Å². The summed E-state index contributed by atoms with van der Waals surface area (Å²) in [7, 11) is 2.69. The number of nitrogens with one attached hydrogen (secondary N) is 4. The van der Waals surface area contributed by atoms with E-state index in [1.165, 1.54) is 21.1 Å². The van der Waals surface area contributed by atoms with Crippen LogP contribution >= 0.6 is 0 Å². The van der Waals surface area contributed by atoms with Gasteiger partial charge in [-0.15, -0.1) is 0 Å². The van der Waals surface area contributed by atoms with Crippen LogP contribution in [0, 0.1) is 5.92 Å². The Balaban J connectivity index is 1.55. The molecule has 2 heterocycles. The summed E-state index contributed by atoms with van der Waals surface area (Å²) in [5.41, 5.74) is 3.36. The molecule has 0 aliphatic heterocycles. The molecule has 0 spiro atoms. The second kappa shape index (κ2) is 16.2. The molecule has 0 saturated carbocycles. The summed E-state index contributed by atoms with van der Waals surface area (Å²) < 4.78 is 10.5. The molecule has 13 heteroatoms. The highest BCUT2D eigenvalue weighted by molar-refractivity contribution is 5.94. The Bertz CT molecular complexity index is 1690. The number of oxime groups is 1. The molecule has 2 aromatic carbocycles. The van der Waals surface area contributed by atoms with Crippen LogP contribution in [0.2, 0.25) is 0 Å². The minimum Gasteiger partial charge on any atom is -0.467 e. The molecule has 0 aliphatic carbocycles. The molecule has 0 radical (unpaired) electrons. The van der Waals surface area contributed by atoms with Crippen molar-refractivity contribution >= 4 is 45.3 Å². The van der Waals surface area contributed by atoms with Crippen LogP contribution in [-0.4, -0.2) is 94.9 Å². The van der Waals surface area contributed by atoms with Crippen molar-refractivity contribution in [3.8, 4) is 0 Å². The van der Waals surface area contributed by atoms with Gasteiger partial charge in [0.05, 0.1) is 13.2 Å². The summed E-state index contributed by atoms with van der Waals surface area (Å²) in [6.07, 6.45) is 0.553. The van der Waals surface area contributed by atoms with Crippen molar-refractivity contribution < 1.29 is 38.9 Å². The van der Waals surface area contributed by atoms with Gasteiger partial charge in [0, 0.05) is 54.2 Å². The number of ether oxygens (including phenoxy) is 2. The van der Waals surface area contributed by atoms with Crippen molar-refractivity contribution in [2.75, 3.05) is 20.8 Å². The van der Waals surface area contributed by atoms with E-state index in [0.29, 0.717) is 0 Å². The number of aromatic nitrogens is 2. The van der Waals surface area contributed by atoms with Crippen LogP contribution < -0.4 is 10.6 Å². The first kappa shape index (κ1) is 35.1. The molecule has 5 atom stereocenters. The van der Waals surface area contributed by atoms with Crippen LogP contribution in [0.4, 0.5) is 0 Å². The summed E-state index contributed by atoms with van der Waals surface area (Å²) >= 11 is 0. The molecule has 2 amide bonds. The Morgan fingerprint density at radius 1 is 0.830 bits per heavy atom. The number of carbonyl (C=O) groups is 3. The number of hydrogen-bond donors (Lipinski definition) is 6. The molecular weight excluding hydrogens is 606 g/mol. The number of aliphatic hydroxyl groups excluding tert-OH is 2. The first-order valence-corrected chi connectivity index (χ1v) is 15.4. The van der Waals surface area contributed by atoms with E-state index in [-0.39, 0.29) is 24.5 Å². The van der Waals surface area contributed by atoms with Gasteiger partial charge in [-0.25, -0.2) is 4.79 Å². The molecule has 4 rings (SSSR count). The lowest BCUT2D eigenvalue weighted by Crippen LogP contribution is -2.53. The van der Waals surface area contributed by atoms with Crippen LogP contribution in [0.1, 0.15) is 31.9 Å². The summed E-state index contributed by atoms with van der Waals surface area (Å²) in [6, 6.07) is 13.0. The van der Waals surface area contributed by atoms with Crippen molar-refractivity contribution in [1.29, 1.82) is 0 Å². The van der Waals surface area contributed by atoms with Gasteiger partial charge in [-0.1, -0.05) is 55.4 Å². The van der Waals surface area contributed by atoms with Crippen LogP contribution in [0.5, 0.6) is 0 Å². The monoisotopic (exact) mass is 649 g/mol. The number of esters is 1. The Labute approximate surface area is 272 Å². The van der Waals surface area contributed by atoms with Crippen LogP contribution in [0.3, 0.4) is 0 Å². The average Bonchev–Trinajstić information content (AvgIpc) is 3.66. The van der Waals surface area contributed by atoms with E-state index in [9.17, 15) is 24.6 Å². The highest BCUT2D eigenvalue weighted by atomic mass is 16.6. The Hall–Kier alpha value is -4.72. The molecule has 0 saturated heterocycles. The summed E-state index contributed by atoms with van der Waals surface area (Å²) in [4.78, 5) is 51.5. The van der Waals surface area contributed by atoms with E-state index >= 15 is 0 Å². The zero-order chi connectivity index (χ0) is 34.1. The molecule has 0 fully saturated rings. The lowest BCUT2D eigenvalue weighted by Gasteiger charge is -2.25. The van der Waals surface area contributed by atoms with Gasteiger partial charge in [0.2, 0.25) is 5.91 Å². The van der Waals surface area contributed by atoms with E-state index in [1.54, 1.807) is 12.4 Å². The van der Waals surface area contributed by atoms with E-state index in [0.717, 1.165) is 32.9 Å². The number of para-hydroxylation sites is 2. The first-order valence-electron chi connectivity index (χ1n) is 15.4. The largest absolute Gasteiger partial charge is 0.467 e. The standard InChI is InChI=1S/C34H43N5O8/c1-19(2)32(45-4)30(31(42)20(3)40)39-47-18-29(41)37-27(14-21-16-35-25-12-8-6-10-23(21)25)33(43)38-28(34(44)46-5)15-22-17-36-26-13-9-7-11-24(22)26/h6-13,16-17,19-20,27-28,31-32,35-36,40,42H,14-15,18H2,1-5H3,(H,37,41)(H,38,43)/b39-30+/t20?,27-,28-,31?,32-/m0/s1. The van der Waals surface area contributed by atoms with Gasteiger partial charge < -0.3 is 45.1 Å².